The van der Waals surface area contributed by atoms with E-state index in [0.717, 1.165) is 5.75 Å². The number of carbonyl (C=O) groups is 2. The van der Waals surface area contributed by atoms with Crippen LogP contribution in [0.3, 0.4) is 0 Å². The fraction of sp³-hybridized carbons (Fsp3) is 0.467. The monoisotopic (exact) mass is 329 g/mol. The lowest BCUT2D eigenvalue weighted by atomic mass is 10.1. The number of hydrogen-bond acceptors (Lipinski definition) is 4. The molecule has 6 nitrogen and oxygen atoms in total. The molecule has 2 rings (SSSR count). The molecule has 0 bridgehead atoms. The Morgan fingerprint density at radius 2 is 1.95 bits per heavy atom. The molecule has 1 aliphatic rings. The second-order valence-electron chi connectivity index (χ2n) is 4.88. The van der Waals surface area contributed by atoms with E-state index in [0.29, 0.717) is 26.2 Å². The van der Waals surface area contributed by atoms with Gasteiger partial charge in [-0.2, -0.15) is 0 Å². The number of carboxylic acid groups (broad SMARTS) is 1. The number of carbonyl (C=O) groups excluding carboxylic acids is 1. The third-order valence-corrected chi connectivity index (χ3v) is 3.36. The first kappa shape index (κ1) is 18.3. The van der Waals surface area contributed by atoms with Crippen LogP contribution in [0, 0.1) is 5.92 Å². The highest BCUT2D eigenvalue weighted by molar-refractivity contribution is 5.85. The Kier molecular flexibility index (Phi) is 7.70. The minimum absolute atomic E-state index is 0. The zero-order valence-corrected chi connectivity index (χ0v) is 13.0. The van der Waals surface area contributed by atoms with Gasteiger partial charge in [0.05, 0.1) is 12.5 Å². The van der Waals surface area contributed by atoms with Crippen LogP contribution in [-0.2, 0) is 14.3 Å². The number of amides is 1. The Balaban J connectivity index is 0.00000242. The van der Waals surface area contributed by atoms with Gasteiger partial charge in [0.15, 0.2) is 0 Å². The third-order valence-electron chi connectivity index (χ3n) is 3.36. The highest BCUT2D eigenvalue weighted by Crippen LogP contribution is 2.16. The predicted molar refractivity (Wildman–Crippen MR) is 82.3 cm³/mol. The summed E-state index contributed by atoms with van der Waals surface area (Å²) in [6, 6.07) is 9.36. The van der Waals surface area contributed by atoms with Gasteiger partial charge in [0, 0.05) is 13.1 Å². The van der Waals surface area contributed by atoms with Crippen LogP contribution >= 0.6 is 12.4 Å². The van der Waals surface area contributed by atoms with Crippen molar-refractivity contribution in [3.8, 4) is 5.75 Å². The molecule has 0 radical (unpaired) electrons. The molecule has 1 aromatic carbocycles. The Labute approximate surface area is 135 Å². The number of halogens is 1. The molecular weight excluding hydrogens is 310 g/mol. The molecule has 1 N–H and O–H groups in total. The summed E-state index contributed by atoms with van der Waals surface area (Å²) in [5.41, 5.74) is 0. The molecule has 0 saturated carbocycles. The zero-order chi connectivity index (χ0) is 15.1. The van der Waals surface area contributed by atoms with Crippen molar-refractivity contribution < 1.29 is 24.2 Å². The number of ether oxygens (including phenoxy) is 2. The summed E-state index contributed by atoms with van der Waals surface area (Å²) >= 11 is 0. The Morgan fingerprint density at radius 3 is 2.59 bits per heavy atom. The van der Waals surface area contributed by atoms with Crippen molar-refractivity contribution in [3.05, 3.63) is 30.3 Å². The number of carboxylic acids is 1. The first-order chi connectivity index (χ1) is 10.2. The van der Waals surface area contributed by atoms with E-state index in [9.17, 15) is 9.59 Å². The molecule has 1 unspecified atom stereocenters. The van der Waals surface area contributed by atoms with Crippen molar-refractivity contribution >= 4 is 24.3 Å². The van der Waals surface area contributed by atoms with Crippen LogP contribution < -0.4 is 4.74 Å². The minimum atomic E-state index is -0.845. The number of hydrogen-bond donors (Lipinski definition) is 1. The lowest BCUT2D eigenvalue weighted by molar-refractivity contribution is -0.141. The van der Waals surface area contributed by atoms with Gasteiger partial charge in [-0.1, -0.05) is 18.2 Å². The molecular formula is C15H20ClNO5. The fourth-order valence-electron chi connectivity index (χ4n) is 2.17. The van der Waals surface area contributed by atoms with Crippen molar-refractivity contribution in [3.63, 3.8) is 0 Å². The van der Waals surface area contributed by atoms with E-state index in [2.05, 4.69) is 0 Å². The number of nitrogens with zero attached hydrogens (tertiary/aromatic N) is 1. The Morgan fingerprint density at radius 1 is 1.23 bits per heavy atom. The summed E-state index contributed by atoms with van der Waals surface area (Å²) in [4.78, 5) is 24.2. The van der Waals surface area contributed by atoms with Crippen molar-refractivity contribution in [2.24, 2.45) is 5.92 Å². The van der Waals surface area contributed by atoms with Gasteiger partial charge in [0.1, 0.15) is 19.0 Å². The predicted octanol–water partition coefficient (Wildman–Crippen LogP) is 1.44. The summed E-state index contributed by atoms with van der Waals surface area (Å²) in [6.07, 6.45) is 0.512. The third kappa shape index (κ3) is 5.54. The zero-order valence-electron chi connectivity index (χ0n) is 12.1. The van der Waals surface area contributed by atoms with Crippen LogP contribution in [0.2, 0.25) is 0 Å². The second kappa shape index (κ2) is 9.27. The summed E-state index contributed by atoms with van der Waals surface area (Å²) in [6.45, 7) is 1.41. The molecule has 122 valence electrons. The molecule has 1 aliphatic heterocycles. The maximum absolute atomic E-state index is 11.8. The highest BCUT2D eigenvalue weighted by Gasteiger charge is 2.30. The van der Waals surface area contributed by atoms with Gasteiger partial charge in [0.25, 0.3) is 0 Å². The molecule has 1 amide bonds. The SMILES string of the molecule is Cl.O=C(O)C1CCN(C(=O)COCCOc2ccccc2)C1. The van der Waals surface area contributed by atoms with Crippen LogP contribution in [0.4, 0.5) is 0 Å². The maximum atomic E-state index is 11.8. The fourth-order valence-corrected chi connectivity index (χ4v) is 2.17. The van der Waals surface area contributed by atoms with Gasteiger partial charge in [0.2, 0.25) is 5.91 Å². The first-order valence-electron chi connectivity index (χ1n) is 6.93. The smallest absolute Gasteiger partial charge is 0.308 e. The van der Waals surface area contributed by atoms with E-state index in [1.54, 1.807) is 0 Å². The second-order valence-corrected chi connectivity index (χ2v) is 4.88. The van der Waals surface area contributed by atoms with E-state index < -0.39 is 11.9 Å². The van der Waals surface area contributed by atoms with Crippen LogP contribution in [0.25, 0.3) is 0 Å². The lowest BCUT2D eigenvalue weighted by Crippen LogP contribution is -2.33. The average Bonchev–Trinajstić information content (AvgIpc) is 2.98. The molecule has 1 fully saturated rings. The lowest BCUT2D eigenvalue weighted by Gasteiger charge is -2.15. The van der Waals surface area contributed by atoms with Crippen molar-refractivity contribution in [2.45, 2.75) is 6.42 Å². The van der Waals surface area contributed by atoms with Crippen molar-refractivity contribution in [2.75, 3.05) is 32.9 Å². The number of rotatable bonds is 7. The molecule has 1 atom stereocenters. The van der Waals surface area contributed by atoms with Crippen molar-refractivity contribution in [1.82, 2.24) is 4.90 Å². The van der Waals surface area contributed by atoms with E-state index in [-0.39, 0.29) is 31.5 Å². The van der Waals surface area contributed by atoms with E-state index in [1.165, 1.54) is 4.90 Å². The quantitative estimate of drug-likeness (QED) is 0.766. The summed E-state index contributed by atoms with van der Waals surface area (Å²) in [5, 5.41) is 8.88. The molecule has 22 heavy (non-hydrogen) atoms. The molecule has 0 spiro atoms. The van der Waals surface area contributed by atoms with Crippen LogP contribution in [-0.4, -0.2) is 54.8 Å². The van der Waals surface area contributed by atoms with E-state index >= 15 is 0 Å². The normalized spacial score (nSPS) is 16.9. The standard InChI is InChI=1S/C15H19NO5.ClH/c17-14(16-7-6-12(10-16)15(18)19)11-20-8-9-21-13-4-2-1-3-5-13;/h1-5,12H,6-11H2,(H,18,19);1H. The largest absolute Gasteiger partial charge is 0.491 e. The summed E-state index contributed by atoms with van der Waals surface area (Å²) in [5.74, 6) is -0.701. The van der Waals surface area contributed by atoms with Crippen LogP contribution in [0.15, 0.2) is 30.3 Å². The number of benzene rings is 1. The van der Waals surface area contributed by atoms with Gasteiger partial charge in [-0.25, -0.2) is 0 Å². The Hall–Kier alpha value is -1.79. The summed E-state index contributed by atoms with van der Waals surface area (Å²) < 4.78 is 10.7. The van der Waals surface area contributed by atoms with Gasteiger partial charge in [-0.3, -0.25) is 9.59 Å². The topological polar surface area (TPSA) is 76.1 Å². The van der Waals surface area contributed by atoms with Crippen LogP contribution in [0.1, 0.15) is 6.42 Å². The van der Waals surface area contributed by atoms with E-state index in [1.807, 2.05) is 30.3 Å². The maximum Gasteiger partial charge on any atom is 0.308 e. The van der Waals surface area contributed by atoms with Crippen molar-refractivity contribution in [1.29, 1.82) is 0 Å². The van der Waals surface area contributed by atoms with Gasteiger partial charge < -0.3 is 19.5 Å². The molecule has 0 aromatic heterocycles. The minimum Gasteiger partial charge on any atom is -0.491 e. The molecule has 0 aliphatic carbocycles. The van der Waals surface area contributed by atoms with Gasteiger partial charge in [-0.15, -0.1) is 12.4 Å². The molecule has 1 saturated heterocycles. The first-order valence-corrected chi connectivity index (χ1v) is 6.93. The molecule has 1 aromatic rings. The Bertz CT molecular complexity index is 482. The number of aliphatic carboxylic acids is 1. The van der Waals surface area contributed by atoms with E-state index in [4.69, 9.17) is 14.6 Å². The average molecular weight is 330 g/mol. The number of likely N-dealkylation sites (tertiary alicyclic amines) is 1. The highest BCUT2D eigenvalue weighted by atomic mass is 35.5. The number of para-hydroxylation sites is 1. The summed E-state index contributed by atoms with van der Waals surface area (Å²) in [7, 11) is 0. The molecule has 7 heteroatoms. The van der Waals surface area contributed by atoms with Gasteiger partial charge in [-0.05, 0) is 18.6 Å². The molecule has 1 heterocycles. The van der Waals surface area contributed by atoms with Gasteiger partial charge >= 0.3 is 5.97 Å². The van der Waals surface area contributed by atoms with Crippen LogP contribution in [0.5, 0.6) is 5.75 Å².